The van der Waals surface area contributed by atoms with Gasteiger partial charge >= 0.3 is 5.97 Å². The summed E-state index contributed by atoms with van der Waals surface area (Å²) < 4.78 is 0. The molecule has 1 aromatic carbocycles. The molecule has 1 N–H and O–H groups in total. The Morgan fingerprint density at radius 3 is 2.79 bits per heavy atom. The lowest BCUT2D eigenvalue weighted by Gasteiger charge is -2.21. The van der Waals surface area contributed by atoms with Gasteiger partial charge in [0.15, 0.2) is 0 Å². The molecule has 2 aliphatic rings. The minimum Gasteiger partial charge on any atom is -0.480 e. The van der Waals surface area contributed by atoms with Gasteiger partial charge in [0.05, 0.1) is 12.1 Å². The van der Waals surface area contributed by atoms with Crippen molar-refractivity contribution in [3.8, 4) is 0 Å². The van der Waals surface area contributed by atoms with Crippen LogP contribution in [-0.4, -0.2) is 57.9 Å². The number of carbonyl (C=O) groups is 2. The zero-order valence-corrected chi connectivity index (χ0v) is 16.6. The van der Waals surface area contributed by atoms with Crippen LogP contribution in [0.3, 0.4) is 0 Å². The van der Waals surface area contributed by atoms with E-state index in [-0.39, 0.29) is 12.5 Å². The zero-order valence-electron chi connectivity index (χ0n) is 16.6. The lowest BCUT2D eigenvalue weighted by Crippen LogP contribution is -2.31. The third-order valence-corrected chi connectivity index (χ3v) is 5.94. The topological polar surface area (TPSA) is 73.7 Å². The molecule has 1 fully saturated rings. The Labute approximate surface area is 171 Å². The first-order valence-electron chi connectivity index (χ1n) is 10.3. The Hall–Kier alpha value is -2.73. The molecule has 1 saturated heterocycles. The first-order valence-corrected chi connectivity index (χ1v) is 10.3. The molecule has 6 heteroatoms. The van der Waals surface area contributed by atoms with Gasteiger partial charge in [0, 0.05) is 32.0 Å². The fourth-order valence-electron chi connectivity index (χ4n) is 4.52. The Bertz CT molecular complexity index is 898. The number of aryl methyl sites for hydroxylation is 1. The van der Waals surface area contributed by atoms with Crippen LogP contribution in [0.4, 0.5) is 0 Å². The molecule has 152 valence electrons. The molecule has 1 unspecified atom stereocenters. The number of likely N-dealkylation sites (tertiary alicyclic amines) is 1. The van der Waals surface area contributed by atoms with Gasteiger partial charge in [-0.3, -0.25) is 19.5 Å². The number of hydrogen-bond donors (Lipinski definition) is 1. The summed E-state index contributed by atoms with van der Waals surface area (Å²) in [5.74, 6) is -0.333. The van der Waals surface area contributed by atoms with E-state index in [0.29, 0.717) is 18.0 Å². The lowest BCUT2D eigenvalue weighted by atomic mass is 9.99. The van der Waals surface area contributed by atoms with E-state index in [4.69, 9.17) is 5.11 Å². The molecular weight excluding hydrogens is 366 g/mol. The van der Waals surface area contributed by atoms with E-state index in [1.807, 2.05) is 28.1 Å². The normalized spacial score (nSPS) is 19.6. The van der Waals surface area contributed by atoms with Crippen molar-refractivity contribution in [1.82, 2.24) is 14.8 Å². The highest BCUT2D eigenvalue weighted by Crippen LogP contribution is 2.23. The fraction of sp³-hybridized carbons (Fsp3) is 0.435. The van der Waals surface area contributed by atoms with Crippen LogP contribution >= 0.6 is 0 Å². The average molecular weight is 393 g/mol. The highest BCUT2D eigenvalue weighted by atomic mass is 16.4. The number of carbonyl (C=O) groups excluding carboxylic acids is 1. The van der Waals surface area contributed by atoms with E-state index in [0.717, 1.165) is 50.9 Å². The fourth-order valence-corrected chi connectivity index (χ4v) is 4.52. The predicted molar refractivity (Wildman–Crippen MR) is 110 cm³/mol. The predicted octanol–water partition coefficient (Wildman–Crippen LogP) is 2.62. The van der Waals surface area contributed by atoms with Crippen LogP contribution in [-0.2, 0) is 24.2 Å². The van der Waals surface area contributed by atoms with Gasteiger partial charge in [-0.05, 0) is 60.9 Å². The number of nitrogens with zero attached hydrogens (tertiary/aromatic N) is 3. The van der Waals surface area contributed by atoms with Crippen molar-refractivity contribution in [2.45, 2.75) is 32.2 Å². The molecule has 6 nitrogen and oxygen atoms in total. The number of pyridine rings is 1. The van der Waals surface area contributed by atoms with Crippen molar-refractivity contribution in [2.24, 2.45) is 5.92 Å². The number of benzene rings is 1. The molecule has 1 aromatic heterocycles. The number of rotatable bonds is 5. The van der Waals surface area contributed by atoms with Crippen molar-refractivity contribution in [1.29, 1.82) is 0 Å². The molecule has 2 aromatic rings. The highest BCUT2D eigenvalue weighted by molar-refractivity contribution is 5.94. The van der Waals surface area contributed by atoms with Crippen LogP contribution in [0.5, 0.6) is 0 Å². The van der Waals surface area contributed by atoms with Crippen LogP contribution < -0.4 is 0 Å². The molecule has 2 aliphatic heterocycles. The molecule has 0 saturated carbocycles. The highest BCUT2D eigenvalue weighted by Gasteiger charge is 2.25. The summed E-state index contributed by atoms with van der Waals surface area (Å²) in [5.41, 5.74) is 4.25. The molecule has 0 bridgehead atoms. The third-order valence-electron chi connectivity index (χ3n) is 5.94. The van der Waals surface area contributed by atoms with Crippen molar-refractivity contribution >= 4 is 11.9 Å². The summed E-state index contributed by atoms with van der Waals surface area (Å²) in [6.07, 6.45) is 7.27. The van der Waals surface area contributed by atoms with Gasteiger partial charge in [0.25, 0.3) is 5.91 Å². The minimum atomic E-state index is -0.779. The Balaban J connectivity index is 1.42. The number of amides is 1. The number of hydrogen-bond acceptors (Lipinski definition) is 4. The average Bonchev–Trinajstić information content (AvgIpc) is 3.02. The first kappa shape index (κ1) is 19.6. The standard InChI is InChI=1S/C23H27N3O3/c27-22(28)16-25-9-7-17(14-25)10-18-11-21(13-24-12-18)23(29)26-8-3-6-19-4-1-2-5-20(19)15-26/h1-2,4-5,11-13,17H,3,6-10,14-16H2,(H,27,28). The van der Waals surface area contributed by atoms with E-state index in [2.05, 4.69) is 23.2 Å². The van der Waals surface area contributed by atoms with E-state index in [1.165, 1.54) is 11.1 Å². The van der Waals surface area contributed by atoms with Gasteiger partial charge in [-0.25, -0.2) is 0 Å². The van der Waals surface area contributed by atoms with Gasteiger partial charge in [0.1, 0.15) is 0 Å². The second-order valence-electron chi connectivity index (χ2n) is 8.17. The maximum Gasteiger partial charge on any atom is 0.317 e. The number of carboxylic acid groups (broad SMARTS) is 1. The van der Waals surface area contributed by atoms with Crippen molar-refractivity contribution in [3.05, 3.63) is 65.0 Å². The zero-order chi connectivity index (χ0) is 20.2. The molecule has 0 radical (unpaired) electrons. The van der Waals surface area contributed by atoms with E-state index in [1.54, 1.807) is 6.20 Å². The summed E-state index contributed by atoms with van der Waals surface area (Å²) >= 11 is 0. The lowest BCUT2D eigenvalue weighted by molar-refractivity contribution is -0.138. The van der Waals surface area contributed by atoms with Gasteiger partial charge < -0.3 is 10.0 Å². The van der Waals surface area contributed by atoms with E-state index >= 15 is 0 Å². The molecule has 1 amide bonds. The summed E-state index contributed by atoms with van der Waals surface area (Å²) in [6, 6.07) is 10.3. The molecule has 4 rings (SSSR count). The number of aliphatic carboxylic acids is 1. The van der Waals surface area contributed by atoms with Crippen molar-refractivity contribution in [2.75, 3.05) is 26.2 Å². The van der Waals surface area contributed by atoms with Gasteiger partial charge in [-0.15, -0.1) is 0 Å². The SMILES string of the molecule is O=C(O)CN1CCC(Cc2cncc(C(=O)N3CCCc4ccccc4C3)c2)C1. The summed E-state index contributed by atoms with van der Waals surface area (Å²) in [6.45, 7) is 3.10. The van der Waals surface area contributed by atoms with Crippen LogP contribution in [0.1, 0.15) is 39.9 Å². The van der Waals surface area contributed by atoms with Crippen LogP contribution in [0.25, 0.3) is 0 Å². The molecule has 3 heterocycles. The summed E-state index contributed by atoms with van der Waals surface area (Å²) in [5, 5.41) is 8.96. The smallest absolute Gasteiger partial charge is 0.317 e. The first-order chi connectivity index (χ1) is 14.1. The second-order valence-corrected chi connectivity index (χ2v) is 8.17. The maximum atomic E-state index is 13.1. The Kier molecular flexibility index (Phi) is 5.90. The van der Waals surface area contributed by atoms with Crippen LogP contribution in [0, 0.1) is 5.92 Å². The van der Waals surface area contributed by atoms with Gasteiger partial charge in [0.2, 0.25) is 0 Å². The quantitative estimate of drug-likeness (QED) is 0.845. The Morgan fingerprint density at radius 2 is 1.97 bits per heavy atom. The molecule has 0 spiro atoms. The minimum absolute atomic E-state index is 0.0370. The van der Waals surface area contributed by atoms with Crippen molar-refractivity contribution < 1.29 is 14.7 Å². The van der Waals surface area contributed by atoms with Gasteiger partial charge in [-0.2, -0.15) is 0 Å². The van der Waals surface area contributed by atoms with Crippen LogP contribution in [0.15, 0.2) is 42.7 Å². The van der Waals surface area contributed by atoms with Gasteiger partial charge in [-0.1, -0.05) is 24.3 Å². The third kappa shape index (κ3) is 4.82. The maximum absolute atomic E-state index is 13.1. The monoisotopic (exact) mass is 393 g/mol. The number of aromatic nitrogens is 1. The largest absolute Gasteiger partial charge is 0.480 e. The van der Waals surface area contributed by atoms with E-state index in [9.17, 15) is 9.59 Å². The molecular formula is C23H27N3O3. The van der Waals surface area contributed by atoms with E-state index < -0.39 is 5.97 Å². The number of carboxylic acids is 1. The summed E-state index contributed by atoms with van der Waals surface area (Å²) in [4.78, 5) is 32.3. The molecule has 0 aliphatic carbocycles. The van der Waals surface area contributed by atoms with Crippen LogP contribution in [0.2, 0.25) is 0 Å². The molecule has 1 atom stereocenters. The van der Waals surface area contributed by atoms with Crippen molar-refractivity contribution in [3.63, 3.8) is 0 Å². The summed E-state index contributed by atoms with van der Waals surface area (Å²) in [7, 11) is 0. The number of fused-ring (bicyclic) bond motifs is 1. The Morgan fingerprint density at radius 1 is 1.14 bits per heavy atom. The second kappa shape index (κ2) is 8.74. The molecule has 29 heavy (non-hydrogen) atoms.